The van der Waals surface area contributed by atoms with Gasteiger partial charge >= 0.3 is 0 Å². The molecule has 0 saturated heterocycles. The lowest BCUT2D eigenvalue weighted by atomic mass is 10.1. The van der Waals surface area contributed by atoms with Crippen LogP contribution in [0.1, 0.15) is 23.3 Å². The van der Waals surface area contributed by atoms with Gasteiger partial charge in [-0.15, -0.1) is 11.3 Å². The van der Waals surface area contributed by atoms with E-state index in [-0.39, 0.29) is 11.7 Å². The van der Waals surface area contributed by atoms with E-state index >= 15 is 0 Å². The Bertz CT molecular complexity index is 586. The van der Waals surface area contributed by atoms with Crippen molar-refractivity contribution in [1.82, 2.24) is 5.32 Å². The molecule has 0 unspecified atom stereocenters. The van der Waals surface area contributed by atoms with Crippen molar-refractivity contribution in [3.63, 3.8) is 0 Å². The highest BCUT2D eigenvalue weighted by molar-refractivity contribution is 7.09. The number of hydrogen-bond donors (Lipinski definition) is 1. The Hall–Kier alpha value is -1.46. The molecule has 21 heavy (non-hydrogen) atoms. The summed E-state index contributed by atoms with van der Waals surface area (Å²) >= 11 is 1.62. The van der Waals surface area contributed by atoms with Crippen LogP contribution in [-0.4, -0.2) is 13.1 Å². The van der Waals surface area contributed by atoms with E-state index in [1.54, 1.807) is 18.4 Å². The normalized spacial score (nSPS) is 14.4. The molecule has 1 aromatic carbocycles. The Kier molecular flexibility index (Phi) is 4.22. The molecule has 0 atom stereocenters. The highest BCUT2D eigenvalue weighted by Crippen LogP contribution is 2.37. The topological polar surface area (TPSA) is 15.3 Å². The second-order valence-electron chi connectivity index (χ2n) is 5.38. The number of halogens is 2. The van der Waals surface area contributed by atoms with E-state index in [2.05, 4.69) is 5.32 Å². The van der Waals surface area contributed by atoms with Crippen LogP contribution in [0.3, 0.4) is 0 Å². The fourth-order valence-corrected chi connectivity index (χ4v) is 3.25. The van der Waals surface area contributed by atoms with Gasteiger partial charge in [-0.1, -0.05) is 6.07 Å². The van der Waals surface area contributed by atoms with Gasteiger partial charge in [0.1, 0.15) is 17.3 Å². The van der Waals surface area contributed by atoms with Gasteiger partial charge in [-0.2, -0.15) is 0 Å². The van der Waals surface area contributed by atoms with E-state index in [4.69, 9.17) is 0 Å². The number of benzene rings is 1. The molecule has 0 amide bonds. The lowest BCUT2D eigenvalue weighted by molar-refractivity contribution is 0.563. The maximum atomic E-state index is 14.4. The van der Waals surface area contributed by atoms with E-state index in [1.165, 1.54) is 12.1 Å². The molecular weight excluding hydrogens is 290 g/mol. The number of nitrogens with one attached hydrogen (secondary N) is 1. The number of thiophene rings is 1. The largest absolute Gasteiger partial charge is 0.359 e. The molecule has 1 N–H and O–H groups in total. The first-order chi connectivity index (χ1) is 10.2. The molecule has 0 bridgehead atoms. The first kappa shape index (κ1) is 14.5. The molecule has 3 rings (SSSR count). The van der Waals surface area contributed by atoms with Crippen LogP contribution >= 0.6 is 11.3 Å². The van der Waals surface area contributed by atoms with E-state index in [1.807, 2.05) is 22.4 Å². The standard InChI is InChI=1S/C16H18F2N2S/c1-19-9-11-7-14(17)16(15(18)8-11)20(12-4-5-12)10-13-3-2-6-21-13/h2-3,6-8,12,19H,4-5,9-10H2,1H3. The highest BCUT2D eigenvalue weighted by Gasteiger charge is 2.32. The first-order valence-electron chi connectivity index (χ1n) is 7.10. The fourth-order valence-electron chi connectivity index (χ4n) is 2.55. The molecule has 112 valence electrons. The van der Waals surface area contributed by atoms with E-state index in [0.717, 1.165) is 17.7 Å². The number of anilines is 1. The molecule has 0 spiro atoms. The lowest BCUT2D eigenvalue weighted by Gasteiger charge is -2.25. The van der Waals surface area contributed by atoms with Crippen LogP contribution in [0.25, 0.3) is 0 Å². The zero-order valence-corrected chi connectivity index (χ0v) is 12.7. The minimum absolute atomic E-state index is 0.116. The van der Waals surface area contributed by atoms with Crippen molar-refractivity contribution in [2.45, 2.75) is 32.0 Å². The van der Waals surface area contributed by atoms with Crippen LogP contribution in [0.5, 0.6) is 0 Å². The van der Waals surface area contributed by atoms with Gasteiger partial charge in [-0.25, -0.2) is 8.78 Å². The summed E-state index contributed by atoms with van der Waals surface area (Å²) in [7, 11) is 1.76. The molecule has 1 aliphatic carbocycles. The Morgan fingerprint density at radius 2 is 2.00 bits per heavy atom. The predicted molar refractivity (Wildman–Crippen MR) is 82.6 cm³/mol. The Labute approximate surface area is 127 Å². The Balaban J connectivity index is 1.92. The molecule has 1 saturated carbocycles. The van der Waals surface area contributed by atoms with Gasteiger partial charge in [-0.05, 0) is 49.0 Å². The van der Waals surface area contributed by atoms with Gasteiger partial charge in [-0.3, -0.25) is 0 Å². The molecule has 0 aliphatic heterocycles. The quantitative estimate of drug-likeness (QED) is 0.870. The van der Waals surface area contributed by atoms with Crippen LogP contribution in [0, 0.1) is 11.6 Å². The third-order valence-electron chi connectivity index (χ3n) is 3.64. The second-order valence-corrected chi connectivity index (χ2v) is 6.41. The van der Waals surface area contributed by atoms with Crippen molar-refractivity contribution in [1.29, 1.82) is 0 Å². The van der Waals surface area contributed by atoms with Crippen molar-refractivity contribution in [3.05, 3.63) is 51.7 Å². The van der Waals surface area contributed by atoms with Crippen LogP contribution in [0.15, 0.2) is 29.6 Å². The average Bonchev–Trinajstić information content (AvgIpc) is 3.15. The molecular formula is C16H18F2N2S. The van der Waals surface area contributed by atoms with Gasteiger partial charge in [0, 0.05) is 17.5 Å². The summed E-state index contributed by atoms with van der Waals surface area (Å²) in [6, 6.07) is 7.09. The van der Waals surface area contributed by atoms with Crippen molar-refractivity contribution in [2.75, 3.05) is 11.9 Å². The molecule has 1 aliphatic rings. The smallest absolute Gasteiger partial charge is 0.149 e. The van der Waals surface area contributed by atoms with Crippen LogP contribution < -0.4 is 10.2 Å². The minimum Gasteiger partial charge on any atom is -0.359 e. The molecule has 1 fully saturated rings. The summed E-state index contributed by atoms with van der Waals surface area (Å²) in [5.41, 5.74) is 0.744. The van der Waals surface area contributed by atoms with E-state index < -0.39 is 11.6 Å². The molecule has 2 aromatic rings. The fraction of sp³-hybridized carbons (Fsp3) is 0.375. The highest BCUT2D eigenvalue weighted by atomic mass is 32.1. The van der Waals surface area contributed by atoms with Crippen molar-refractivity contribution < 1.29 is 8.78 Å². The molecule has 5 heteroatoms. The minimum atomic E-state index is -0.469. The van der Waals surface area contributed by atoms with E-state index in [9.17, 15) is 8.78 Å². The van der Waals surface area contributed by atoms with E-state index in [0.29, 0.717) is 18.7 Å². The van der Waals surface area contributed by atoms with Gasteiger partial charge in [0.05, 0.1) is 6.54 Å². The summed E-state index contributed by atoms with van der Waals surface area (Å²) in [4.78, 5) is 3.00. The zero-order valence-electron chi connectivity index (χ0n) is 11.9. The van der Waals surface area contributed by atoms with Crippen molar-refractivity contribution in [3.8, 4) is 0 Å². The number of nitrogens with zero attached hydrogens (tertiary/aromatic N) is 1. The summed E-state index contributed by atoms with van der Waals surface area (Å²) in [5, 5.41) is 4.90. The second kappa shape index (κ2) is 6.12. The zero-order chi connectivity index (χ0) is 14.8. The van der Waals surface area contributed by atoms with Crippen LogP contribution in [0.2, 0.25) is 0 Å². The third kappa shape index (κ3) is 3.24. The van der Waals surface area contributed by atoms with Gasteiger partial charge in [0.2, 0.25) is 0 Å². The Morgan fingerprint density at radius 1 is 1.29 bits per heavy atom. The summed E-state index contributed by atoms with van der Waals surface area (Å²) in [6.45, 7) is 1.03. The van der Waals surface area contributed by atoms with Gasteiger partial charge < -0.3 is 10.2 Å². The summed E-state index contributed by atoms with van der Waals surface area (Å²) in [5.74, 6) is -0.938. The maximum absolute atomic E-state index is 14.4. The molecule has 1 aromatic heterocycles. The van der Waals surface area contributed by atoms with Crippen LogP contribution in [-0.2, 0) is 13.1 Å². The van der Waals surface area contributed by atoms with Crippen molar-refractivity contribution in [2.24, 2.45) is 0 Å². The monoisotopic (exact) mass is 308 g/mol. The summed E-state index contributed by atoms with van der Waals surface area (Å²) in [6.07, 6.45) is 2.01. The predicted octanol–water partition coefficient (Wildman–Crippen LogP) is 3.91. The lowest BCUT2D eigenvalue weighted by Crippen LogP contribution is -2.27. The molecule has 1 heterocycles. The number of hydrogen-bond acceptors (Lipinski definition) is 3. The van der Waals surface area contributed by atoms with Gasteiger partial charge in [0.25, 0.3) is 0 Å². The first-order valence-corrected chi connectivity index (χ1v) is 7.98. The van der Waals surface area contributed by atoms with Crippen molar-refractivity contribution >= 4 is 17.0 Å². The average molecular weight is 308 g/mol. The van der Waals surface area contributed by atoms with Crippen LogP contribution in [0.4, 0.5) is 14.5 Å². The SMILES string of the molecule is CNCc1cc(F)c(N(Cc2cccs2)C2CC2)c(F)c1. The van der Waals surface area contributed by atoms with Gasteiger partial charge in [0.15, 0.2) is 0 Å². The third-order valence-corrected chi connectivity index (χ3v) is 4.50. The summed E-state index contributed by atoms with van der Waals surface area (Å²) < 4.78 is 28.8. The maximum Gasteiger partial charge on any atom is 0.149 e. The molecule has 0 radical (unpaired) electrons. The number of rotatable bonds is 6. The molecule has 2 nitrogen and oxygen atoms in total. The Morgan fingerprint density at radius 3 is 2.52 bits per heavy atom.